The van der Waals surface area contributed by atoms with Gasteiger partial charge in [-0.15, -0.1) is 0 Å². The summed E-state index contributed by atoms with van der Waals surface area (Å²) in [5.41, 5.74) is -0.928. The highest BCUT2D eigenvalue weighted by Gasteiger charge is 2.33. The second-order valence-corrected chi connectivity index (χ2v) is 4.02. The molecule has 1 aromatic carbocycles. The van der Waals surface area contributed by atoms with Crippen LogP contribution in [-0.4, -0.2) is 5.91 Å². The molecule has 102 valence electrons. The quantitative estimate of drug-likeness (QED) is 0.914. The van der Waals surface area contributed by atoms with Crippen molar-refractivity contribution < 1.29 is 18.0 Å². The second-order valence-electron chi connectivity index (χ2n) is 4.02. The first-order valence-corrected chi connectivity index (χ1v) is 5.75. The number of hydrogen-bond donors (Lipinski definition) is 1. The maximum Gasteiger partial charge on any atom is 0.417 e. The largest absolute Gasteiger partial charge is 0.417 e. The van der Waals surface area contributed by atoms with Crippen LogP contribution in [0.25, 0.3) is 0 Å². The normalized spacial score (nSPS) is 10.9. The van der Waals surface area contributed by atoms with Crippen molar-refractivity contribution in [2.24, 2.45) is 0 Å². The first-order chi connectivity index (χ1) is 8.88. The van der Waals surface area contributed by atoms with Gasteiger partial charge in [0.15, 0.2) is 0 Å². The molecule has 0 aromatic heterocycles. The van der Waals surface area contributed by atoms with Gasteiger partial charge in [0.1, 0.15) is 0 Å². The first kappa shape index (κ1) is 15.0. The number of nitrogens with zero attached hydrogens (tertiary/aromatic N) is 1. The third-order valence-electron chi connectivity index (χ3n) is 2.48. The van der Waals surface area contributed by atoms with Gasteiger partial charge in [-0.1, -0.05) is 13.0 Å². The number of carbonyl (C=O) groups is 1. The lowest BCUT2D eigenvalue weighted by Gasteiger charge is -2.10. The van der Waals surface area contributed by atoms with Gasteiger partial charge < -0.3 is 5.32 Å². The molecule has 0 aliphatic carbocycles. The summed E-state index contributed by atoms with van der Waals surface area (Å²) in [6, 6.07) is 4.79. The molecule has 0 bridgehead atoms. The van der Waals surface area contributed by atoms with Crippen molar-refractivity contribution in [3.63, 3.8) is 0 Å². The van der Waals surface area contributed by atoms with Crippen LogP contribution in [0.1, 0.15) is 36.5 Å². The van der Waals surface area contributed by atoms with Crippen LogP contribution in [0.4, 0.5) is 13.2 Å². The summed E-state index contributed by atoms with van der Waals surface area (Å²) in [6.07, 6.45) is -3.48. The molecule has 1 aromatic rings. The fourth-order valence-electron chi connectivity index (χ4n) is 1.56. The molecule has 1 N–H and O–H groups in total. The Bertz CT molecular complexity index is 504. The number of alkyl halides is 3. The fraction of sp³-hybridized carbons (Fsp3) is 0.385. The van der Waals surface area contributed by atoms with Crippen LogP contribution in [0.3, 0.4) is 0 Å². The maximum atomic E-state index is 12.6. The molecule has 0 aliphatic rings. The third-order valence-corrected chi connectivity index (χ3v) is 2.48. The van der Waals surface area contributed by atoms with Crippen LogP contribution in [-0.2, 0) is 17.5 Å². The molecule has 1 amide bonds. The van der Waals surface area contributed by atoms with Gasteiger partial charge in [0, 0.05) is 13.0 Å². The highest BCUT2D eigenvalue weighted by atomic mass is 19.4. The number of amides is 1. The number of benzene rings is 1. The summed E-state index contributed by atoms with van der Waals surface area (Å²) in [4.78, 5) is 11.2. The van der Waals surface area contributed by atoms with Crippen LogP contribution in [0.5, 0.6) is 0 Å². The van der Waals surface area contributed by atoms with E-state index >= 15 is 0 Å². The lowest BCUT2D eigenvalue weighted by Crippen LogP contribution is -2.22. The minimum absolute atomic E-state index is 0.117. The Hall–Kier alpha value is -2.03. The van der Waals surface area contributed by atoms with E-state index in [-0.39, 0.29) is 12.5 Å². The highest BCUT2D eigenvalue weighted by molar-refractivity contribution is 5.75. The zero-order chi connectivity index (χ0) is 14.5. The molecule has 1 rings (SSSR count). The van der Waals surface area contributed by atoms with E-state index in [4.69, 9.17) is 5.26 Å². The van der Waals surface area contributed by atoms with Crippen molar-refractivity contribution in [1.29, 1.82) is 5.26 Å². The van der Waals surface area contributed by atoms with Crippen molar-refractivity contribution in [3.05, 3.63) is 34.9 Å². The Morgan fingerprint density at radius 3 is 2.63 bits per heavy atom. The van der Waals surface area contributed by atoms with Crippen molar-refractivity contribution in [2.75, 3.05) is 0 Å². The first-order valence-electron chi connectivity index (χ1n) is 5.75. The van der Waals surface area contributed by atoms with E-state index in [9.17, 15) is 18.0 Å². The maximum absolute atomic E-state index is 12.6. The molecule has 19 heavy (non-hydrogen) atoms. The van der Waals surface area contributed by atoms with Crippen molar-refractivity contribution in [3.8, 4) is 6.07 Å². The summed E-state index contributed by atoms with van der Waals surface area (Å²) in [5, 5.41) is 11.3. The summed E-state index contributed by atoms with van der Waals surface area (Å²) in [7, 11) is 0. The summed E-state index contributed by atoms with van der Waals surface area (Å²) in [6.45, 7) is 1.97. The number of nitrogens with one attached hydrogen (secondary N) is 1. The van der Waals surface area contributed by atoms with E-state index in [0.29, 0.717) is 18.4 Å². The molecular formula is C13H13F3N2O. The van der Waals surface area contributed by atoms with E-state index in [0.717, 1.165) is 12.1 Å². The number of hydrogen-bond acceptors (Lipinski definition) is 2. The predicted molar refractivity (Wildman–Crippen MR) is 62.9 cm³/mol. The molecule has 0 saturated heterocycles. The van der Waals surface area contributed by atoms with E-state index in [1.54, 1.807) is 0 Å². The molecule has 0 saturated carbocycles. The standard InChI is InChI=1S/C13H13F3N2O/c1-2-3-12(19)18-8-9-4-5-11(13(14,15)16)10(6-9)7-17/h4-6H,2-3,8H2,1H3,(H,18,19). The second kappa shape index (κ2) is 6.23. The fourth-order valence-corrected chi connectivity index (χ4v) is 1.56. The highest BCUT2D eigenvalue weighted by Crippen LogP contribution is 2.32. The van der Waals surface area contributed by atoms with Gasteiger partial charge in [0.05, 0.1) is 17.2 Å². The Balaban J connectivity index is 2.84. The molecule has 0 fully saturated rings. The van der Waals surface area contributed by atoms with Gasteiger partial charge in [-0.05, 0) is 24.1 Å². The van der Waals surface area contributed by atoms with E-state index in [2.05, 4.69) is 5.32 Å². The summed E-state index contributed by atoms with van der Waals surface area (Å²) in [5.74, 6) is -0.166. The monoisotopic (exact) mass is 270 g/mol. The van der Waals surface area contributed by atoms with Crippen LogP contribution in [0, 0.1) is 11.3 Å². The smallest absolute Gasteiger partial charge is 0.352 e. The van der Waals surface area contributed by atoms with E-state index in [1.807, 2.05) is 6.92 Å². The molecule has 0 heterocycles. The lowest BCUT2D eigenvalue weighted by atomic mass is 10.0. The number of halogens is 3. The Labute approximate surface area is 109 Å². The SMILES string of the molecule is CCCC(=O)NCc1ccc(C(F)(F)F)c(C#N)c1. The average molecular weight is 270 g/mol. The number of nitriles is 1. The van der Waals surface area contributed by atoms with Crippen LogP contribution >= 0.6 is 0 Å². The van der Waals surface area contributed by atoms with Crippen molar-refractivity contribution in [2.45, 2.75) is 32.5 Å². The molecular weight excluding hydrogens is 257 g/mol. The zero-order valence-corrected chi connectivity index (χ0v) is 10.3. The van der Waals surface area contributed by atoms with E-state index in [1.165, 1.54) is 12.1 Å². The minimum atomic E-state index is -4.55. The van der Waals surface area contributed by atoms with Crippen LogP contribution in [0.15, 0.2) is 18.2 Å². The number of rotatable bonds is 4. The molecule has 3 nitrogen and oxygen atoms in total. The lowest BCUT2D eigenvalue weighted by molar-refractivity contribution is -0.137. The van der Waals surface area contributed by atoms with Gasteiger partial charge in [-0.2, -0.15) is 18.4 Å². The molecule has 0 unspecified atom stereocenters. The molecule has 0 spiro atoms. The minimum Gasteiger partial charge on any atom is -0.352 e. The Morgan fingerprint density at radius 1 is 1.42 bits per heavy atom. The molecule has 6 heteroatoms. The molecule has 0 radical (unpaired) electrons. The zero-order valence-electron chi connectivity index (χ0n) is 10.3. The molecule has 0 atom stereocenters. The third kappa shape index (κ3) is 4.28. The predicted octanol–water partition coefficient (Wildman–Crippen LogP) is 2.99. The molecule has 0 aliphatic heterocycles. The van der Waals surface area contributed by atoms with Gasteiger partial charge in [0.25, 0.3) is 0 Å². The van der Waals surface area contributed by atoms with Gasteiger partial charge in [-0.25, -0.2) is 0 Å². The van der Waals surface area contributed by atoms with Crippen molar-refractivity contribution in [1.82, 2.24) is 5.32 Å². The topological polar surface area (TPSA) is 52.9 Å². The van der Waals surface area contributed by atoms with Gasteiger partial charge in [0.2, 0.25) is 5.91 Å². The number of carbonyl (C=O) groups excluding carboxylic acids is 1. The van der Waals surface area contributed by atoms with Gasteiger partial charge in [-0.3, -0.25) is 4.79 Å². The van der Waals surface area contributed by atoms with Crippen LogP contribution < -0.4 is 5.32 Å². The Morgan fingerprint density at radius 2 is 2.11 bits per heavy atom. The van der Waals surface area contributed by atoms with Crippen molar-refractivity contribution >= 4 is 5.91 Å². The Kier molecular flexibility index (Phi) is 4.93. The van der Waals surface area contributed by atoms with Crippen LogP contribution in [0.2, 0.25) is 0 Å². The summed E-state index contributed by atoms with van der Waals surface area (Å²) >= 11 is 0. The average Bonchev–Trinajstić information content (AvgIpc) is 2.35. The van der Waals surface area contributed by atoms with E-state index < -0.39 is 17.3 Å². The summed E-state index contributed by atoms with van der Waals surface area (Å²) < 4.78 is 37.7. The van der Waals surface area contributed by atoms with Gasteiger partial charge >= 0.3 is 6.18 Å².